The predicted molar refractivity (Wildman–Crippen MR) is 95.3 cm³/mol. The molecule has 0 aliphatic carbocycles. The lowest BCUT2D eigenvalue weighted by Crippen LogP contribution is -2.43. The number of nitrogens with one attached hydrogen (secondary N) is 1. The number of nitrogens with zero attached hydrogens (tertiary/aromatic N) is 3. The van der Waals surface area contributed by atoms with E-state index >= 15 is 0 Å². The zero-order chi connectivity index (χ0) is 16.4. The highest BCUT2D eigenvalue weighted by Crippen LogP contribution is 2.35. The van der Waals surface area contributed by atoms with E-state index in [2.05, 4.69) is 27.1 Å². The van der Waals surface area contributed by atoms with Gasteiger partial charge in [0, 0.05) is 19.1 Å². The van der Waals surface area contributed by atoms with Crippen LogP contribution in [0.1, 0.15) is 54.8 Å². The first-order valence-electron chi connectivity index (χ1n) is 8.46. The van der Waals surface area contributed by atoms with Gasteiger partial charge >= 0.3 is 0 Å². The molecule has 1 aliphatic rings. The summed E-state index contributed by atoms with van der Waals surface area (Å²) in [5.41, 5.74) is 1.01. The number of thiophene rings is 1. The Morgan fingerprint density at radius 1 is 1.39 bits per heavy atom. The molecule has 1 N–H and O–H groups in total. The van der Waals surface area contributed by atoms with Gasteiger partial charge in [-0.25, -0.2) is 9.97 Å². The van der Waals surface area contributed by atoms with Crippen LogP contribution in [0.25, 0.3) is 10.2 Å². The smallest absolute Gasteiger partial charge is 0.264 e. The Balaban J connectivity index is 2.01. The van der Waals surface area contributed by atoms with Crippen LogP contribution in [0.5, 0.6) is 0 Å². The van der Waals surface area contributed by atoms with Gasteiger partial charge in [-0.3, -0.25) is 4.79 Å². The van der Waals surface area contributed by atoms with Crippen LogP contribution in [0.2, 0.25) is 0 Å². The van der Waals surface area contributed by atoms with Gasteiger partial charge < -0.3 is 10.2 Å². The summed E-state index contributed by atoms with van der Waals surface area (Å²) in [4.78, 5) is 25.6. The van der Waals surface area contributed by atoms with Crippen LogP contribution in [0.15, 0.2) is 6.33 Å². The minimum atomic E-state index is 0.166. The Kier molecular flexibility index (Phi) is 4.80. The normalized spacial score (nSPS) is 18.4. The largest absolute Gasteiger partial charge is 0.370 e. The van der Waals surface area contributed by atoms with Crippen LogP contribution < -0.4 is 5.32 Å². The molecule has 0 saturated carbocycles. The van der Waals surface area contributed by atoms with Gasteiger partial charge in [-0.1, -0.05) is 6.92 Å². The third-order valence-electron chi connectivity index (χ3n) is 4.62. The highest BCUT2D eigenvalue weighted by molar-refractivity contribution is 7.20. The number of carbonyl (C=O) groups is 1. The summed E-state index contributed by atoms with van der Waals surface area (Å²) in [6.07, 6.45) is 6.05. The number of anilines is 1. The van der Waals surface area contributed by atoms with E-state index in [9.17, 15) is 4.79 Å². The maximum atomic E-state index is 13.1. The predicted octanol–water partition coefficient (Wildman–Crippen LogP) is 3.84. The maximum absolute atomic E-state index is 13.1. The number of fused-ring (bicyclic) bond motifs is 1. The second-order valence-electron chi connectivity index (χ2n) is 6.05. The highest BCUT2D eigenvalue weighted by Gasteiger charge is 2.29. The number of aromatic nitrogens is 2. The van der Waals surface area contributed by atoms with Crippen molar-refractivity contribution in [2.45, 2.75) is 52.5 Å². The zero-order valence-electron chi connectivity index (χ0n) is 14.1. The van der Waals surface area contributed by atoms with Crippen molar-refractivity contribution in [3.05, 3.63) is 16.8 Å². The molecule has 3 rings (SSSR count). The molecule has 0 spiro atoms. The van der Waals surface area contributed by atoms with Gasteiger partial charge in [0.1, 0.15) is 17.0 Å². The molecule has 0 bridgehead atoms. The van der Waals surface area contributed by atoms with Gasteiger partial charge in [-0.2, -0.15) is 0 Å². The van der Waals surface area contributed by atoms with Crippen molar-refractivity contribution in [1.29, 1.82) is 0 Å². The molecule has 2 aromatic rings. The van der Waals surface area contributed by atoms with Crippen LogP contribution in [0, 0.1) is 6.92 Å². The second-order valence-corrected chi connectivity index (χ2v) is 7.04. The van der Waals surface area contributed by atoms with Gasteiger partial charge in [-0.15, -0.1) is 11.3 Å². The molecule has 3 heterocycles. The molecule has 0 unspecified atom stereocenters. The molecule has 1 amide bonds. The molecule has 0 radical (unpaired) electrons. The van der Waals surface area contributed by atoms with E-state index in [0.717, 1.165) is 58.8 Å². The summed E-state index contributed by atoms with van der Waals surface area (Å²) in [5.74, 6) is 0.996. The average molecular weight is 332 g/mol. The van der Waals surface area contributed by atoms with Crippen molar-refractivity contribution in [2.24, 2.45) is 0 Å². The van der Waals surface area contributed by atoms with E-state index in [0.29, 0.717) is 6.04 Å². The minimum Gasteiger partial charge on any atom is -0.370 e. The number of piperidine rings is 1. The molecule has 5 nitrogen and oxygen atoms in total. The lowest BCUT2D eigenvalue weighted by Gasteiger charge is -2.35. The fraction of sp³-hybridized carbons (Fsp3) is 0.588. The van der Waals surface area contributed by atoms with E-state index in [1.54, 1.807) is 6.33 Å². The van der Waals surface area contributed by atoms with Crippen molar-refractivity contribution in [1.82, 2.24) is 14.9 Å². The summed E-state index contributed by atoms with van der Waals surface area (Å²) in [5, 5.41) is 4.27. The van der Waals surface area contributed by atoms with E-state index in [-0.39, 0.29) is 5.91 Å². The summed E-state index contributed by atoms with van der Waals surface area (Å²) in [7, 11) is 0. The molecule has 1 aliphatic heterocycles. The first-order valence-corrected chi connectivity index (χ1v) is 9.27. The van der Waals surface area contributed by atoms with Crippen LogP contribution in [0.4, 0.5) is 5.82 Å². The van der Waals surface area contributed by atoms with Gasteiger partial charge in [0.2, 0.25) is 0 Å². The van der Waals surface area contributed by atoms with Gasteiger partial charge in [-0.05, 0) is 45.1 Å². The molecule has 0 aromatic carbocycles. The Morgan fingerprint density at radius 3 is 2.96 bits per heavy atom. The van der Waals surface area contributed by atoms with Crippen molar-refractivity contribution in [2.75, 3.05) is 18.4 Å². The van der Waals surface area contributed by atoms with Crippen LogP contribution >= 0.6 is 11.3 Å². The number of hydrogen-bond donors (Lipinski definition) is 1. The number of likely N-dealkylation sites (tertiary alicyclic amines) is 1. The van der Waals surface area contributed by atoms with Crippen LogP contribution in [0.3, 0.4) is 0 Å². The van der Waals surface area contributed by atoms with E-state index < -0.39 is 0 Å². The Labute approximate surface area is 141 Å². The molecule has 2 aromatic heterocycles. The average Bonchev–Trinajstić information content (AvgIpc) is 2.92. The third-order valence-corrected chi connectivity index (χ3v) is 5.81. The van der Waals surface area contributed by atoms with Gasteiger partial charge in [0.25, 0.3) is 5.91 Å². The number of amides is 1. The fourth-order valence-corrected chi connectivity index (χ4v) is 4.50. The molecule has 1 atom stereocenters. The Bertz CT molecular complexity index is 712. The van der Waals surface area contributed by atoms with Crippen molar-refractivity contribution < 1.29 is 4.79 Å². The first-order chi connectivity index (χ1) is 11.2. The van der Waals surface area contributed by atoms with Crippen molar-refractivity contribution in [3.63, 3.8) is 0 Å². The number of hydrogen-bond acceptors (Lipinski definition) is 5. The highest BCUT2D eigenvalue weighted by atomic mass is 32.1. The molecule has 1 saturated heterocycles. The Hall–Kier alpha value is -1.69. The number of carbonyl (C=O) groups excluding carboxylic acids is 1. The molecular weight excluding hydrogens is 308 g/mol. The zero-order valence-corrected chi connectivity index (χ0v) is 14.9. The SMILES string of the molecule is CCNc1ncnc2sc(C(=O)N3CCCC[C@@H]3CC)c(C)c12. The molecular formula is C17H24N4OS. The summed E-state index contributed by atoms with van der Waals surface area (Å²) in [6.45, 7) is 7.90. The third kappa shape index (κ3) is 2.92. The molecule has 124 valence electrons. The quantitative estimate of drug-likeness (QED) is 0.924. The van der Waals surface area contributed by atoms with Gasteiger partial charge in [0.15, 0.2) is 0 Å². The minimum absolute atomic E-state index is 0.166. The van der Waals surface area contributed by atoms with Crippen molar-refractivity contribution in [3.8, 4) is 0 Å². The molecule has 6 heteroatoms. The van der Waals surface area contributed by atoms with Gasteiger partial charge in [0.05, 0.1) is 10.3 Å². The summed E-state index contributed by atoms with van der Waals surface area (Å²) in [6, 6.07) is 0.375. The van der Waals surface area contributed by atoms with Crippen molar-refractivity contribution >= 4 is 33.3 Å². The molecule has 23 heavy (non-hydrogen) atoms. The molecule has 1 fully saturated rings. The summed E-state index contributed by atoms with van der Waals surface area (Å²) >= 11 is 1.50. The standard InChI is InChI=1S/C17H24N4OS/c1-4-12-8-6-7-9-21(12)17(22)14-11(3)13-15(18-5-2)19-10-20-16(13)23-14/h10,12H,4-9H2,1-3H3,(H,18,19,20)/t12-/m0/s1. The van der Waals surface area contributed by atoms with Crippen LogP contribution in [-0.2, 0) is 0 Å². The maximum Gasteiger partial charge on any atom is 0.264 e. The van der Waals surface area contributed by atoms with Crippen LogP contribution in [-0.4, -0.2) is 39.9 Å². The monoisotopic (exact) mass is 332 g/mol. The first kappa shape index (κ1) is 16.2. The lowest BCUT2D eigenvalue weighted by molar-refractivity contribution is 0.0612. The Morgan fingerprint density at radius 2 is 2.22 bits per heavy atom. The van der Waals surface area contributed by atoms with E-state index in [4.69, 9.17) is 0 Å². The lowest BCUT2D eigenvalue weighted by atomic mass is 9.99. The van der Waals surface area contributed by atoms with E-state index in [1.807, 2.05) is 13.8 Å². The second kappa shape index (κ2) is 6.83. The number of aryl methyl sites for hydroxylation is 1. The number of rotatable bonds is 4. The van der Waals surface area contributed by atoms with E-state index in [1.165, 1.54) is 17.8 Å². The summed E-state index contributed by atoms with van der Waals surface area (Å²) < 4.78 is 0. The fourth-order valence-electron chi connectivity index (χ4n) is 3.40. The topological polar surface area (TPSA) is 58.1 Å².